The third kappa shape index (κ3) is 5.03. The average molecular weight is 234 g/mol. The van der Waals surface area contributed by atoms with Gasteiger partial charge in [-0.2, -0.15) is 0 Å². The second-order valence-electron chi connectivity index (χ2n) is 4.65. The number of phenols is 1. The highest BCUT2D eigenvalue weighted by Crippen LogP contribution is 2.21. The van der Waals surface area contributed by atoms with Gasteiger partial charge in [0.2, 0.25) is 0 Å². The number of unbranched alkanes of at least 4 members (excludes halogenated alkanes) is 3. The molecular formula is C15H22O2. The Balaban J connectivity index is 2.59. The van der Waals surface area contributed by atoms with Crippen molar-refractivity contribution in [1.82, 2.24) is 0 Å². The van der Waals surface area contributed by atoms with Crippen LogP contribution in [0.5, 0.6) is 5.75 Å². The van der Waals surface area contributed by atoms with Gasteiger partial charge >= 0.3 is 0 Å². The number of carbonyl (C=O) groups excluding carboxylic acids is 1. The Bertz CT molecular complexity index is 369. The highest BCUT2D eigenvalue weighted by Gasteiger charge is 2.04. The van der Waals surface area contributed by atoms with Crippen LogP contribution < -0.4 is 0 Å². The number of aryl methyl sites for hydroxylation is 1. The first-order valence-corrected chi connectivity index (χ1v) is 6.43. The number of phenolic OH excluding ortho intramolecular Hbond substituents is 1. The van der Waals surface area contributed by atoms with Crippen molar-refractivity contribution in [3.63, 3.8) is 0 Å². The molecule has 0 aromatic heterocycles. The molecule has 1 aromatic carbocycles. The van der Waals surface area contributed by atoms with Crippen molar-refractivity contribution in [2.45, 2.75) is 52.4 Å². The molecule has 0 saturated heterocycles. The summed E-state index contributed by atoms with van der Waals surface area (Å²) in [6.45, 7) is 3.78. The number of carbonyl (C=O) groups is 1. The maximum atomic E-state index is 11.0. The van der Waals surface area contributed by atoms with Gasteiger partial charge in [-0.1, -0.05) is 38.3 Å². The quantitative estimate of drug-likeness (QED) is 0.731. The lowest BCUT2D eigenvalue weighted by Crippen LogP contribution is -1.97. The summed E-state index contributed by atoms with van der Waals surface area (Å²) in [7, 11) is 0. The van der Waals surface area contributed by atoms with Gasteiger partial charge in [0.05, 0.1) is 0 Å². The van der Waals surface area contributed by atoms with Gasteiger partial charge in [-0.05, 0) is 37.0 Å². The predicted octanol–water partition coefficient (Wildman–Crippen LogP) is 3.65. The molecule has 0 saturated carbocycles. The van der Waals surface area contributed by atoms with E-state index in [1.165, 1.54) is 19.3 Å². The van der Waals surface area contributed by atoms with E-state index in [2.05, 4.69) is 6.92 Å². The largest absolute Gasteiger partial charge is 0.508 e. The summed E-state index contributed by atoms with van der Waals surface area (Å²) in [5.74, 6) is 0.515. The molecule has 94 valence electrons. The van der Waals surface area contributed by atoms with E-state index in [1.54, 1.807) is 13.0 Å². The van der Waals surface area contributed by atoms with Crippen LogP contribution in [-0.2, 0) is 17.6 Å². The molecule has 0 radical (unpaired) electrons. The van der Waals surface area contributed by atoms with Crippen molar-refractivity contribution < 1.29 is 9.90 Å². The van der Waals surface area contributed by atoms with Gasteiger partial charge in [-0.25, -0.2) is 0 Å². The average Bonchev–Trinajstić information content (AvgIpc) is 2.28. The van der Waals surface area contributed by atoms with E-state index in [-0.39, 0.29) is 5.78 Å². The summed E-state index contributed by atoms with van der Waals surface area (Å²) in [6, 6.07) is 5.49. The lowest BCUT2D eigenvalue weighted by molar-refractivity contribution is -0.116. The lowest BCUT2D eigenvalue weighted by Gasteiger charge is -2.07. The first-order valence-electron chi connectivity index (χ1n) is 6.43. The highest BCUT2D eigenvalue weighted by atomic mass is 16.3. The Morgan fingerprint density at radius 1 is 1.24 bits per heavy atom. The molecule has 17 heavy (non-hydrogen) atoms. The van der Waals surface area contributed by atoms with Crippen LogP contribution in [0, 0.1) is 0 Å². The molecule has 0 bridgehead atoms. The summed E-state index contributed by atoms with van der Waals surface area (Å²) in [6.07, 6.45) is 6.13. The fourth-order valence-electron chi connectivity index (χ4n) is 1.98. The van der Waals surface area contributed by atoms with Gasteiger partial charge < -0.3 is 5.11 Å². The van der Waals surface area contributed by atoms with E-state index in [1.807, 2.05) is 12.1 Å². The molecule has 1 rings (SSSR count). The van der Waals surface area contributed by atoms with Crippen molar-refractivity contribution in [3.8, 4) is 5.75 Å². The van der Waals surface area contributed by atoms with Crippen LogP contribution >= 0.6 is 0 Å². The monoisotopic (exact) mass is 234 g/mol. The minimum Gasteiger partial charge on any atom is -0.508 e. The molecule has 0 unspecified atom stereocenters. The molecule has 1 aromatic rings. The van der Waals surface area contributed by atoms with E-state index in [0.29, 0.717) is 12.2 Å². The zero-order chi connectivity index (χ0) is 12.7. The number of benzene rings is 1. The van der Waals surface area contributed by atoms with Crippen molar-refractivity contribution >= 4 is 5.78 Å². The van der Waals surface area contributed by atoms with Crippen LogP contribution in [0.15, 0.2) is 18.2 Å². The van der Waals surface area contributed by atoms with Crippen LogP contribution in [-0.4, -0.2) is 10.9 Å². The third-order valence-corrected chi connectivity index (χ3v) is 2.90. The SMILES string of the molecule is CCCCCCc1cc(CC(C)=O)ccc1O. The molecule has 2 heteroatoms. The highest BCUT2D eigenvalue weighted by molar-refractivity contribution is 5.78. The molecule has 1 N–H and O–H groups in total. The molecular weight excluding hydrogens is 212 g/mol. The summed E-state index contributed by atoms with van der Waals surface area (Å²) in [4.78, 5) is 11.0. The smallest absolute Gasteiger partial charge is 0.134 e. The van der Waals surface area contributed by atoms with Gasteiger partial charge in [0.1, 0.15) is 11.5 Å². The molecule has 0 aliphatic carbocycles. The first kappa shape index (κ1) is 13.8. The van der Waals surface area contributed by atoms with Crippen LogP contribution in [0.2, 0.25) is 0 Å². The maximum Gasteiger partial charge on any atom is 0.134 e. The first-order chi connectivity index (χ1) is 8.13. The zero-order valence-electron chi connectivity index (χ0n) is 10.8. The van der Waals surface area contributed by atoms with Crippen LogP contribution in [0.25, 0.3) is 0 Å². The molecule has 0 heterocycles. The second kappa shape index (κ2) is 7.10. The second-order valence-corrected chi connectivity index (χ2v) is 4.65. The van der Waals surface area contributed by atoms with Gasteiger partial charge in [0.25, 0.3) is 0 Å². The zero-order valence-corrected chi connectivity index (χ0v) is 10.8. The fraction of sp³-hybridized carbons (Fsp3) is 0.533. The molecule has 0 aliphatic heterocycles. The third-order valence-electron chi connectivity index (χ3n) is 2.90. The van der Waals surface area contributed by atoms with Gasteiger partial charge in [-0.3, -0.25) is 4.79 Å². The topological polar surface area (TPSA) is 37.3 Å². The van der Waals surface area contributed by atoms with Gasteiger partial charge in [0, 0.05) is 6.42 Å². The standard InChI is InChI=1S/C15H22O2/c1-3-4-5-6-7-14-11-13(10-12(2)16)8-9-15(14)17/h8-9,11,17H,3-7,10H2,1-2H3. The minimum absolute atomic E-state index is 0.160. The summed E-state index contributed by atoms with van der Waals surface area (Å²) in [5, 5.41) is 9.74. The normalized spacial score (nSPS) is 10.5. The van der Waals surface area contributed by atoms with E-state index < -0.39 is 0 Å². The van der Waals surface area contributed by atoms with Crippen molar-refractivity contribution in [2.24, 2.45) is 0 Å². The van der Waals surface area contributed by atoms with Gasteiger partial charge in [-0.15, -0.1) is 0 Å². The Morgan fingerprint density at radius 3 is 2.65 bits per heavy atom. The van der Waals surface area contributed by atoms with Crippen LogP contribution in [0.3, 0.4) is 0 Å². The van der Waals surface area contributed by atoms with Crippen molar-refractivity contribution in [1.29, 1.82) is 0 Å². The van der Waals surface area contributed by atoms with Gasteiger partial charge in [0.15, 0.2) is 0 Å². The lowest BCUT2D eigenvalue weighted by atomic mass is 10.0. The molecule has 0 aliphatic rings. The summed E-state index contributed by atoms with van der Waals surface area (Å²) >= 11 is 0. The number of hydrogen-bond donors (Lipinski definition) is 1. The Labute approximate surface area is 104 Å². The van der Waals surface area contributed by atoms with E-state index in [9.17, 15) is 9.90 Å². The Kier molecular flexibility index (Phi) is 5.75. The molecule has 0 fully saturated rings. The number of rotatable bonds is 7. The molecule has 0 atom stereocenters. The summed E-state index contributed by atoms with van der Waals surface area (Å²) in [5.41, 5.74) is 1.97. The molecule has 0 spiro atoms. The minimum atomic E-state index is 0.160. The van der Waals surface area contributed by atoms with Crippen molar-refractivity contribution in [3.05, 3.63) is 29.3 Å². The number of aromatic hydroxyl groups is 1. The van der Waals surface area contributed by atoms with E-state index >= 15 is 0 Å². The number of hydrogen-bond acceptors (Lipinski definition) is 2. The molecule has 2 nitrogen and oxygen atoms in total. The van der Waals surface area contributed by atoms with Crippen LogP contribution in [0.1, 0.15) is 50.7 Å². The fourth-order valence-corrected chi connectivity index (χ4v) is 1.98. The molecule has 0 amide bonds. The Morgan fingerprint density at radius 2 is 2.00 bits per heavy atom. The van der Waals surface area contributed by atoms with Crippen LogP contribution in [0.4, 0.5) is 0 Å². The van der Waals surface area contributed by atoms with E-state index in [4.69, 9.17) is 0 Å². The maximum absolute atomic E-state index is 11.0. The summed E-state index contributed by atoms with van der Waals surface area (Å²) < 4.78 is 0. The number of Topliss-reactive ketones (excluding diaryl/α,β-unsaturated/α-hetero) is 1. The van der Waals surface area contributed by atoms with E-state index in [0.717, 1.165) is 24.0 Å². The number of ketones is 1. The predicted molar refractivity (Wildman–Crippen MR) is 70.3 cm³/mol. The van der Waals surface area contributed by atoms with Crippen molar-refractivity contribution in [2.75, 3.05) is 0 Å². The Hall–Kier alpha value is -1.31.